The zero-order chi connectivity index (χ0) is 42.6. The second-order valence-corrected chi connectivity index (χ2v) is 18.5. The van der Waals surface area contributed by atoms with Gasteiger partial charge in [-0.3, -0.25) is 0 Å². The summed E-state index contributed by atoms with van der Waals surface area (Å²) >= 11 is 0. The van der Waals surface area contributed by atoms with Crippen LogP contribution in [0.2, 0.25) is 0 Å². The highest BCUT2D eigenvalue weighted by Gasteiger charge is 2.46. The molecule has 0 N–H and O–H groups in total. The zero-order valence-corrected chi connectivity index (χ0v) is 36.4. The first-order valence-corrected chi connectivity index (χ1v) is 23.2. The third-order valence-corrected chi connectivity index (χ3v) is 14.9. The lowest BCUT2D eigenvalue weighted by molar-refractivity contribution is 0.420. The van der Waals surface area contributed by atoms with Gasteiger partial charge in [-0.1, -0.05) is 200 Å². The fourth-order valence-corrected chi connectivity index (χ4v) is 12.0. The second-order valence-electron chi connectivity index (χ2n) is 18.5. The molecule has 0 radical (unpaired) electrons. The highest BCUT2D eigenvalue weighted by molar-refractivity contribution is 5.93. The number of rotatable bonds is 9. The Bertz CT molecular complexity index is 3070. The first-order valence-electron chi connectivity index (χ1n) is 23.2. The van der Waals surface area contributed by atoms with Crippen LogP contribution in [0.1, 0.15) is 65.0 Å². The SMILES string of the molecule is Cc1ccc2c(c1)C(c1ccccc1)(c1ccccc1)c1cc(N(c3ccc(-c4ccccc4-c4ccccc4-c4ccccc4)cc3)c3ccc(C4CC5CCC4C5)cc3)ccc1-2. The topological polar surface area (TPSA) is 3.24 Å². The van der Waals surface area contributed by atoms with Gasteiger partial charge in [-0.05, 0) is 153 Å². The number of anilines is 3. The van der Waals surface area contributed by atoms with Crippen LogP contribution in [0, 0.1) is 18.8 Å². The Labute approximate surface area is 378 Å². The Balaban J connectivity index is 1.01. The van der Waals surface area contributed by atoms with Crippen molar-refractivity contribution < 1.29 is 0 Å². The summed E-state index contributed by atoms with van der Waals surface area (Å²) in [6.45, 7) is 2.22. The van der Waals surface area contributed by atoms with E-state index in [2.05, 4.69) is 236 Å². The van der Waals surface area contributed by atoms with Crippen LogP contribution in [0.15, 0.2) is 224 Å². The van der Waals surface area contributed by atoms with Crippen LogP contribution in [-0.4, -0.2) is 0 Å². The Morgan fingerprint density at radius 2 is 0.875 bits per heavy atom. The molecule has 3 unspecified atom stereocenters. The van der Waals surface area contributed by atoms with E-state index in [4.69, 9.17) is 0 Å². The first-order chi connectivity index (χ1) is 31.6. The molecular formula is C63H51N. The van der Waals surface area contributed by atoms with Crippen molar-refractivity contribution >= 4 is 17.1 Å². The molecule has 3 aliphatic carbocycles. The molecule has 3 atom stereocenters. The molecule has 3 aliphatic rings. The summed E-state index contributed by atoms with van der Waals surface area (Å²) in [6, 6.07) is 84.0. The van der Waals surface area contributed by atoms with Gasteiger partial charge in [0.1, 0.15) is 0 Å². The second kappa shape index (κ2) is 15.8. The third-order valence-electron chi connectivity index (χ3n) is 14.9. The van der Waals surface area contributed by atoms with E-state index in [0.717, 1.165) is 23.2 Å². The monoisotopic (exact) mass is 821 g/mol. The minimum Gasteiger partial charge on any atom is -0.310 e. The molecule has 1 heteroatoms. The highest BCUT2D eigenvalue weighted by atomic mass is 15.1. The van der Waals surface area contributed by atoms with Gasteiger partial charge in [0.15, 0.2) is 0 Å². The predicted molar refractivity (Wildman–Crippen MR) is 268 cm³/mol. The molecule has 0 aromatic heterocycles. The molecule has 0 amide bonds. The van der Waals surface area contributed by atoms with Gasteiger partial charge >= 0.3 is 0 Å². The summed E-state index contributed by atoms with van der Waals surface area (Å²) < 4.78 is 0. The normalized spacial score (nSPS) is 17.8. The fraction of sp³-hybridized carbons (Fsp3) is 0.143. The van der Waals surface area contributed by atoms with Gasteiger partial charge < -0.3 is 4.90 Å². The molecular weight excluding hydrogens is 771 g/mol. The number of benzene rings is 9. The molecule has 0 aliphatic heterocycles. The molecule has 0 saturated heterocycles. The molecule has 0 heterocycles. The van der Waals surface area contributed by atoms with Gasteiger partial charge in [-0.2, -0.15) is 0 Å². The van der Waals surface area contributed by atoms with Crippen LogP contribution in [0.3, 0.4) is 0 Å². The highest BCUT2D eigenvalue weighted by Crippen LogP contribution is 2.58. The standard InChI is InChI=1S/C63H51N/c1-43-25-37-58-59-38-36-53(42-62(59)63(61(58)39-43,49-17-7-3-8-18-49)50-19-9-4-10-20-50)64(52-34-30-47(31-35-52)60-41-44-26-27-48(60)40-44)51-32-28-46(29-33-51)55-22-12-14-24-57(55)56-23-13-11-21-54(56)45-15-5-2-6-16-45/h2-25,28-39,42,44,48,60H,26-27,40-41H2,1H3. The molecule has 9 aromatic rings. The molecule has 2 saturated carbocycles. The summed E-state index contributed by atoms with van der Waals surface area (Å²) in [5, 5.41) is 0. The third kappa shape index (κ3) is 6.36. The lowest BCUT2D eigenvalue weighted by Crippen LogP contribution is -2.28. The van der Waals surface area contributed by atoms with E-state index in [9.17, 15) is 0 Å². The van der Waals surface area contributed by atoms with Gasteiger partial charge in [0.25, 0.3) is 0 Å². The smallest absolute Gasteiger partial charge is 0.0714 e. The Kier molecular flexibility index (Phi) is 9.52. The summed E-state index contributed by atoms with van der Waals surface area (Å²) in [6.07, 6.45) is 5.56. The molecule has 0 spiro atoms. The van der Waals surface area contributed by atoms with E-state index in [0.29, 0.717) is 5.92 Å². The largest absolute Gasteiger partial charge is 0.310 e. The van der Waals surface area contributed by atoms with E-state index >= 15 is 0 Å². The van der Waals surface area contributed by atoms with Crippen LogP contribution >= 0.6 is 0 Å². The van der Waals surface area contributed by atoms with Crippen molar-refractivity contribution in [1.82, 2.24) is 0 Å². The zero-order valence-electron chi connectivity index (χ0n) is 36.4. The fourth-order valence-electron chi connectivity index (χ4n) is 12.0. The van der Waals surface area contributed by atoms with Crippen LogP contribution in [0.25, 0.3) is 44.5 Å². The number of hydrogen-bond acceptors (Lipinski definition) is 1. The predicted octanol–water partition coefficient (Wildman–Crippen LogP) is 16.7. The Morgan fingerprint density at radius 1 is 0.391 bits per heavy atom. The molecule has 64 heavy (non-hydrogen) atoms. The molecule has 12 rings (SSSR count). The van der Waals surface area contributed by atoms with E-state index in [1.165, 1.54) is 109 Å². The Hall–Kier alpha value is -7.22. The maximum Gasteiger partial charge on any atom is 0.0714 e. The summed E-state index contributed by atoms with van der Waals surface area (Å²) in [4.78, 5) is 2.49. The van der Waals surface area contributed by atoms with Crippen LogP contribution < -0.4 is 4.90 Å². The first kappa shape index (κ1) is 38.5. The number of aryl methyl sites for hydroxylation is 1. The van der Waals surface area contributed by atoms with Crippen molar-refractivity contribution in [3.8, 4) is 44.5 Å². The number of fused-ring (bicyclic) bond motifs is 5. The molecule has 1 nitrogen and oxygen atoms in total. The van der Waals surface area contributed by atoms with Gasteiger partial charge in [-0.15, -0.1) is 0 Å². The van der Waals surface area contributed by atoms with Crippen molar-refractivity contribution in [1.29, 1.82) is 0 Å². The van der Waals surface area contributed by atoms with Gasteiger partial charge in [0.2, 0.25) is 0 Å². The van der Waals surface area contributed by atoms with E-state index in [1.54, 1.807) is 0 Å². The minimum atomic E-state index is -0.490. The lowest BCUT2D eigenvalue weighted by atomic mass is 9.67. The molecule has 9 aromatic carbocycles. The van der Waals surface area contributed by atoms with Crippen LogP contribution in [0.5, 0.6) is 0 Å². The molecule has 2 bridgehead atoms. The summed E-state index contributed by atoms with van der Waals surface area (Å²) in [5.74, 6) is 2.44. The minimum absolute atomic E-state index is 0.490. The number of hydrogen-bond donors (Lipinski definition) is 0. The molecule has 2 fully saturated rings. The van der Waals surface area contributed by atoms with Crippen LogP contribution in [-0.2, 0) is 5.41 Å². The lowest BCUT2D eigenvalue weighted by Gasteiger charge is -2.35. The van der Waals surface area contributed by atoms with Gasteiger partial charge in [0.05, 0.1) is 5.41 Å². The summed E-state index contributed by atoms with van der Waals surface area (Å²) in [5.41, 5.74) is 20.9. The van der Waals surface area contributed by atoms with E-state index in [1.807, 2.05) is 0 Å². The van der Waals surface area contributed by atoms with Crippen molar-refractivity contribution in [3.05, 3.63) is 258 Å². The Morgan fingerprint density at radius 3 is 1.44 bits per heavy atom. The summed E-state index contributed by atoms with van der Waals surface area (Å²) in [7, 11) is 0. The average molecular weight is 822 g/mol. The van der Waals surface area contributed by atoms with Crippen molar-refractivity contribution in [2.24, 2.45) is 11.8 Å². The maximum absolute atomic E-state index is 2.50. The van der Waals surface area contributed by atoms with Crippen molar-refractivity contribution in [2.75, 3.05) is 4.90 Å². The quantitative estimate of drug-likeness (QED) is 0.140. The van der Waals surface area contributed by atoms with Gasteiger partial charge in [-0.25, -0.2) is 0 Å². The van der Waals surface area contributed by atoms with Crippen LogP contribution in [0.4, 0.5) is 17.1 Å². The van der Waals surface area contributed by atoms with Crippen molar-refractivity contribution in [3.63, 3.8) is 0 Å². The molecule has 308 valence electrons. The van der Waals surface area contributed by atoms with E-state index < -0.39 is 5.41 Å². The van der Waals surface area contributed by atoms with E-state index in [-0.39, 0.29) is 0 Å². The number of nitrogens with zero attached hydrogens (tertiary/aromatic N) is 1. The average Bonchev–Trinajstić information content (AvgIpc) is 4.08. The maximum atomic E-state index is 2.50. The van der Waals surface area contributed by atoms with Crippen molar-refractivity contribution in [2.45, 2.75) is 43.9 Å². The van der Waals surface area contributed by atoms with Gasteiger partial charge in [0, 0.05) is 17.1 Å².